The van der Waals surface area contributed by atoms with Gasteiger partial charge in [-0.05, 0) is 30.7 Å². The molecule has 0 spiro atoms. The van der Waals surface area contributed by atoms with Crippen LogP contribution in [0.5, 0.6) is 0 Å². The minimum Gasteiger partial charge on any atom is -0.398 e. The highest BCUT2D eigenvalue weighted by molar-refractivity contribution is 5.82. The number of aromatic nitrogens is 3. The fourth-order valence-electron chi connectivity index (χ4n) is 2.14. The molecule has 0 saturated carbocycles. The van der Waals surface area contributed by atoms with Crippen LogP contribution in [-0.4, -0.2) is 14.5 Å². The van der Waals surface area contributed by atoms with E-state index >= 15 is 0 Å². The zero-order valence-electron chi connectivity index (χ0n) is 10.4. The fraction of sp³-hybridized carbons (Fsp3) is 0.143. The van der Waals surface area contributed by atoms with Gasteiger partial charge in [0.05, 0.1) is 0 Å². The number of nitrogens with zero attached hydrogens (tertiary/aromatic N) is 3. The molecular formula is C14H14N4. The summed E-state index contributed by atoms with van der Waals surface area (Å²) in [5.74, 6) is 0.852. The Morgan fingerprint density at radius 2 is 2.00 bits per heavy atom. The first kappa shape index (κ1) is 10.8. The number of aryl methyl sites for hydroxylation is 2. The van der Waals surface area contributed by atoms with E-state index in [0.717, 1.165) is 33.8 Å². The number of fused-ring (bicyclic) bond motifs is 1. The molecule has 2 N–H and O–H groups in total. The largest absolute Gasteiger partial charge is 0.398 e. The third-order valence-corrected chi connectivity index (χ3v) is 3.19. The Hall–Kier alpha value is -2.36. The second kappa shape index (κ2) is 3.84. The van der Waals surface area contributed by atoms with Gasteiger partial charge >= 0.3 is 0 Å². The normalized spacial score (nSPS) is 11.0. The Labute approximate surface area is 105 Å². The molecule has 2 heterocycles. The Kier molecular flexibility index (Phi) is 2.30. The third kappa shape index (κ3) is 1.46. The molecule has 4 nitrogen and oxygen atoms in total. The third-order valence-electron chi connectivity index (χ3n) is 3.19. The number of pyridine rings is 1. The summed E-state index contributed by atoms with van der Waals surface area (Å²) in [5.41, 5.74) is 10.7. The Morgan fingerprint density at radius 3 is 2.78 bits per heavy atom. The van der Waals surface area contributed by atoms with Crippen molar-refractivity contribution < 1.29 is 0 Å². The summed E-state index contributed by atoms with van der Waals surface area (Å²) in [4.78, 5) is 8.94. The predicted octanol–water partition coefficient (Wildman–Crippen LogP) is 2.53. The maximum atomic E-state index is 6.13. The van der Waals surface area contributed by atoms with Crippen molar-refractivity contribution in [2.45, 2.75) is 6.92 Å². The highest BCUT2D eigenvalue weighted by Gasteiger charge is 2.13. The van der Waals surface area contributed by atoms with Gasteiger partial charge in [0.15, 0.2) is 5.65 Å². The van der Waals surface area contributed by atoms with Crippen molar-refractivity contribution in [3.63, 3.8) is 0 Å². The molecule has 3 rings (SSSR count). The molecule has 0 aliphatic rings. The maximum absolute atomic E-state index is 6.13. The van der Waals surface area contributed by atoms with Crippen molar-refractivity contribution >= 4 is 16.9 Å². The highest BCUT2D eigenvalue weighted by Crippen LogP contribution is 2.29. The van der Waals surface area contributed by atoms with Crippen LogP contribution in [0.25, 0.3) is 22.6 Å². The molecule has 0 atom stereocenters. The molecule has 2 aromatic heterocycles. The summed E-state index contributed by atoms with van der Waals surface area (Å²) in [6, 6.07) is 9.83. The molecule has 0 radical (unpaired) electrons. The lowest BCUT2D eigenvalue weighted by Crippen LogP contribution is -1.99. The van der Waals surface area contributed by atoms with E-state index in [4.69, 9.17) is 5.73 Å². The van der Waals surface area contributed by atoms with Crippen LogP contribution in [0.15, 0.2) is 36.5 Å². The van der Waals surface area contributed by atoms with Gasteiger partial charge in [-0.3, -0.25) is 0 Å². The van der Waals surface area contributed by atoms with Gasteiger partial charge in [0.1, 0.15) is 11.3 Å². The molecule has 4 heteroatoms. The first-order chi connectivity index (χ1) is 8.68. The van der Waals surface area contributed by atoms with Gasteiger partial charge in [0.25, 0.3) is 0 Å². The van der Waals surface area contributed by atoms with Crippen LogP contribution >= 0.6 is 0 Å². The van der Waals surface area contributed by atoms with Gasteiger partial charge in [-0.25, -0.2) is 9.97 Å². The second-order valence-corrected chi connectivity index (χ2v) is 4.38. The average Bonchev–Trinajstić information content (AvgIpc) is 2.71. The lowest BCUT2D eigenvalue weighted by molar-refractivity contribution is 0.942. The summed E-state index contributed by atoms with van der Waals surface area (Å²) in [5, 5.41) is 0. The van der Waals surface area contributed by atoms with Crippen molar-refractivity contribution in [2.24, 2.45) is 7.05 Å². The van der Waals surface area contributed by atoms with E-state index in [9.17, 15) is 0 Å². The van der Waals surface area contributed by atoms with Crippen LogP contribution in [0, 0.1) is 6.92 Å². The summed E-state index contributed by atoms with van der Waals surface area (Å²) >= 11 is 0. The standard InChI is InChI=1S/C14H14N4/c1-9-5-3-6-10(12(9)15)13-17-11-7-4-8-16-14(11)18(13)2/h3-8H,15H2,1-2H3. The Bertz CT molecular complexity index is 728. The SMILES string of the molecule is Cc1cccc(-c2nc3cccnc3n2C)c1N. The number of hydrogen-bond donors (Lipinski definition) is 1. The summed E-state index contributed by atoms with van der Waals surface area (Å²) < 4.78 is 1.97. The molecule has 18 heavy (non-hydrogen) atoms. The lowest BCUT2D eigenvalue weighted by atomic mass is 10.1. The predicted molar refractivity (Wildman–Crippen MR) is 73.1 cm³/mol. The van der Waals surface area contributed by atoms with Crippen LogP contribution in [0.3, 0.4) is 0 Å². The van der Waals surface area contributed by atoms with Crippen molar-refractivity contribution in [3.05, 3.63) is 42.1 Å². The first-order valence-corrected chi connectivity index (χ1v) is 5.81. The molecule has 1 aromatic carbocycles. The van der Waals surface area contributed by atoms with E-state index < -0.39 is 0 Å². The van der Waals surface area contributed by atoms with E-state index in [-0.39, 0.29) is 0 Å². The van der Waals surface area contributed by atoms with Crippen LogP contribution in [0.4, 0.5) is 5.69 Å². The van der Waals surface area contributed by atoms with Gasteiger partial charge in [-0.15, -0.1) is 0 Å². The second-order valence-electron chi connectivity index (χ2n) is 4.38. The maximum Gasteiger partial charge on any atom is 0.159 e. The van der Waals surface area contributed by atoms with Gasteiger partial charge in [-0.1, -0.05) is 12.1 Å². The number of nitrogens with two attached hydrogens (primary N) is 1. The van der Waals surface area contributed by atoms with Crippen LogP contribution in [0.1, 0.15) is 5.56 Å². The Morgan fingerprint density at radius 1 is 1.17 bits per heavy atom. The van der Waals surface area contributed by atoms with Crippen molar-refractivity contribution in [2.75, 3.05) is 5.73 Å². The first-order valence-electron chi connectivity index (χ1n) is 5.81. The molecule has 3 aromatic rings. The van der Waals surface area contributed by atoms with E-state index in [2.05, 4.69) is 9.97 Å². The quantitative estimate of drug-likeness (QED) is 0.663. The Balaban J connectivity index is 2.32. The molecule has 90 valence electrons. The number of rotatable bonds is 1. The van der Waals surface area contributed by atoms with Crippen molar-refractivity contribution in [1.29, 1.82) is 0 Å². The van der Waals surface area contributed by atoms with E-state index in [0.29, 0.717) is 0 Å². The number of para-hydroxylation sites is 1. The summed E-state index contributed by atoms with van der Waals surface area (Å²) in [7, 11) is 1.96. The van der Waals surface area contributed by atoms with Crippen LogP contribution in [-0.2, 0) is 7.05 Å². The molecule has 0 aliphatic heterocycles. The zero-order chi connectivity index (χ0) is 12.7. The van der Waals surface area contributed by atoms with E-state index in [1.807, 2.05) is 48.9 Å². The van der Waals surface area contributed by atoms with Crippen molar-refractivity contribution in [3.8, 4) is 11.4 Å². The monoisotopic (exact) mass is 238 g/mol. The minimum atomic E-state index is 0.774. The molecule has 0 bridgehead atoms. The topological polar surface area (TPSA) is 56.7 Å². The molecular weight excluding hydrogens is 224 g/mol. The molecule has 0 unspecified atom stereocenters. The van der Waals surface area contributed by atoms with Gasteiger partial charge in [0, 0.05) is 24.5 Å². The van der Waals surface area contributed by atoms with Gasteiger partial charge < -0.3 is 10.3 Å². The van der Waals surface area contributed by atoms with Gasteiger partial charge in [0.2, 0.25) is 0 Å². The molecule has 0 fully saturated rings. The molecule has 0 aliphatic carbocycles. The number of hydrogen-bond acceptors (Lipinski definition) is 3. The van der Waals surface area contributed by atoms with Crippen molar-refractivity contribution in [1.82, 2.24) is 14.5 Å². The smallest absolute Gasteiger partial charge is 0.159 e. The number of benzene rings is 1. The summed E-state index contributed by atoms with van der Waals surface area (Å²) in [6.07, 6.45) is 1.77. The van der Waals surface area contributed by atoms with Crippen LogP contribution < -0.4 is 5.73 Å². The van der Waals surface area contributed by atoms with E-state index in [1.54, 1.807) is 6.20 Å². The highest BCUT2D eigenvalue weighted by atomic mass is 15.1. The zero-order valence-corrected chi connectivity index (χ0v) is 10.4. The number of anilines is 1. The lowest BCUT2D eigenvalue weighted by Gasteiger charge is -2.07. The van der Waals surface area contributed by atoms with Gasteiger partial charge in [-0.2, -0.15) is 0 Å². The average molecular weight is 238 g/mol. The number of imidazole rings is 1. The van der Waals surface area contributed by atoms with E-state index in [1.165, 1.54) is 0 Å². The minimum absolute atomic E-state index is 0.774. The number of nitrogen functional groups attached to an aromatic ring is 1. The molecule has 0 amide bonds. The van der Waals surface area contributed by atoms with Crippen LogP contribution in [0.2, 0.25) is 0 Å². The fourth-order valence-corrected chi connectivity index (χ4v) is 2.14. The summed E-state index contributed by atoms with van der Waals surface area (Å²) in [6.45, 7) is 2.00. The molecule has 0 saturated heterocycles.